The number of fused-ring (bicyclic) bond motifs is 1. The van der Waals surface area contributed by atoms with Crippen molar-refractivity contribution in [3.63, 3.8) is 0 Å². The number of likely N-dealkylation sites (tertiary alicyclic amines) is 1. The molecule has 1 saturated heterocycles. The van der Waals surface area contributed by atoms with Gasteiger partial charge in [-0.25, -0.2) is 0 Å². The number of amides is 2. The molecule has 4 nitrogen and oxygen atoms in total. The molecule has 0 spiro atoms. The molecule has 1 atom stereocenters. The fourth-order valence-electron chi connectivity index (χ4n) is 4.04. The van der Waals surface area contributed by atoms with Gasteiger partial charge in [-0.3, -0.25) is 9.59 Å². The van der Waals surface area contributed by atoms with Crippen LogP contribution in [0.5, 0.6) is 0 Å². The lowest BCUT2D eigenvalue weighted by molar-refractivity contribution is -0.123. The number of halogens is 1. The number of carbonyl (C=O) groups is 2. The van der Waals surface area contributed by atoms with E-state index in [0.29, 0.717) is 41.8 Å². The summed E-state index contributed by atoms with van der Waals surface area (Å²) >= 11 is 7.77. The van der Waals surface area contributed by atoms with Crippen LogP contribution in [0.1, 0.15) is 36.5 Å². The SMILES string of the molecule is C[C@H]1CCN(C(=O)C2CCN(C(=O)c3ccc(Cl)cc3)CC2)c2ccccc2S1. The molecule has 0 N–H and O–H groups in total. The largest absolute Gasteiger partial charge is 0.339 e. The summed E-state index contributed by atoms with van der Waals surface area (Å²) in [5.74, 6) is 0.180. The molecule has 4 rings (SSSR count). The van der Waals surface area contributed by atoms with E-state index in [1.807, 2.05) is 33.7 Å². The first-order chi connectivity index (χ1) is 14.0. The van der Waals surface area contributed by atoms with Gasteiger partial charge in [0, 0.05) is 46.3 Å². The number of anilines is 1. The van der Waals surface area contributed by atoms with Crippen molar-refractivity contribution in [3.05, 3.63) is 59.1 Å². The van der Waals surface area contributed by atoms with Crippen LogP contribution >= 0.6 is 23.4 Å². The molecule has 0 aliphatic carbocycles. The third-order valence-corrected chi connectivity index (χ3v) is 7.22. The summed E-state index contributed by atoms with van der Waals surface area (Å²) in [4.78, 5) is 31.1. The van der Waals surface area contributed by atoms with E-state index in [1.54, 1.807) is 24.3 Å². The van der Waals surface area contributed by atoms with Crippen LogP contribution in [0, 0.1) is 5.92 Å². The van der Waals surface area contributed by atoms with E-state index in [0.717, 1.165) is 18.7 Å². The third kappa shape index (κ3) is 4.46. The average Bonchev–Trinajstić information content (AvgIpc) is 2.91. The molecule has 2 aliphatic heterocycles. The van der Waals surface area contributed by atoms with Crippen LogP contribution in [0.3, 0.4) is 0 Å². The molecule has 0 radical (unpaired) electrons. The highest BCUT2D eigenvalue weighted by Gasteiger charge is 2.33. The summed E-state index contributed by atoms with van der Waals surface area (Å²) in [5.41, 5.74) is 1.68. The van der Waals surface area contributed by atoms with Gasteiger partial charge in [0.1, 0.15) is 0 Å². The number of carbonyl (C=O) groups excluding carboxylic acids is 2. The Morgan fingerprint density at radius 3 is 2.38 bits per heavy atom. The lowest BCUT2D eigenvalue weighted by Crippen LogP contribution is -2.45. The Labute approximate surface area is 181 Å². The number of rotatable bonds is 2. The lowest BCUT2D eigenvalue weighted by atomic mass is 9.94. The zero-order chi connectivity index (χ0) is 20.4. The number of hydrogen-bond donors (Lipinski definition) is 0. The summed E-state index contributed by atoms with van der Waals surface area (Å²) in [6.45, 7) is 4.20. The highest BCUT2D eigenvalue weighted by atomic mass is 35.5. The first-order valence-electron chi connectivity index (χ1n) is 10.1. The number of piperidine rings is 1. The summed E-state index contributed by atoms with van der Waals surface area (Å²) in [5, 5.41) is 1.11. The molecule has 1 fully saturated rings. The van der Waals surface area contributed by atoms with Crippen LogP contribution in [0.4, 0.5) is 5.69 Å². The highest BCUT2D eigenvalue weighted by molar-refractivity contribution is 8.00. The van der Waals surface area contributed by atoms with Crippen LogP contribution in [-0.2, 0) is 4.79 Å². The molecule has 0 unspecified atom stereocenters. The Morgan fingerprint density at radius 1 is 0.966 bits per heavy atom. The Bertz CT molecular complexity index is 894. The molecule has 0 saturated carbocycles. The normalized spacial score (nSPS) is 20.1. The molecule has 2 amide bonds. The van der Waals surface area contributed by atoms with Gasteiger partial charge in [-0.1, -0.05) is 30.7 Å². The molecule has 2 heterocycles. The second kappa shape index (κ2) is 8.80. The number of hydrogen-bond acceptors (Lipinski definition) is 3. The first-order valence-corrected chi connectivity index (χ1v) is 11.4. The summed E-state index contributed by atoms with van der Waals surface area (Å²) in [6, 6.07) is 15.2. The van der Waals surface area contributed by atoms with E-state index in [9.17, 15) is 9.59 Å². The number of benzene rings is 2. The Morgan fingerprint density at radius 2 is 1.66 bits per heavy atom. The van der Waals surface area contributed by atoms with Crippen LogP contribution < -0.4 is 4.90 Å². The van der Waals surface area contributed by atoms with Gasteiger partial charge in [0.15, 0.2) is 0 Å². The van der Waals surface area contributed by atoms with E-state index in [2.05, 4.69) is 19.1 Å². The third-order valence-electron chi connectivity index (χ3n) is 5.73. The standard InChI is InChI=1S/C23H25ClN2O2S/c1-16-10-15-26(20-4-2-3-5-21(20)29-16)23(28)18-11-13-25(14-12-18)22(27)17-6-8-19(24)9-7-17/h2-9,16,18H,10-15H2,1H3/t16-/m0/s1. The van der Waals surface area contributed by atoms with E-state index < -0.39 is 0 Å². The monoisotopic (exact) mass is 428 g/mol. The maximum Gasteiger partial charge on any atom is 0.253 e. The molecule has 0 bridgehead atoms. The summed E-state index contributed by atoms with van der Waals surface area (Å²) in [7, 11) is 0. The zero-order valence-corrected chi connectivity index (χ0v) is 18.1. The zero-order valence-electron chi connectivity index (χ0n) is 16.5. The van der Waals surface area contributed by atoms with Gasteiger partial charge < -0.3 is 9.80 Å². The van der Waals surface area contributed by atoms with Crippen molar-refractivity contribution >= 4 is 40.9 Å². The van der Waals surface area contributed by atoms with E-state index in [4.69, 9.17) is 11.6 Å². The second-order valence-corrected chi connectivity index (χ2v) is 9.66. The number of para-hydroxylation sites is 1. The minimum Gasteiger partial charge on any atom is -0.339 e. The number of nitrogens with zero attached hydrogens (tertiary/aromatic N) is 2. The minimum atomic E-state index is -0.0317. The predicted molar refractivity (Wildman–Crippen MR) is 119 cm³/mol. The molecule has 6 heteroatoms. The maximum atomic E-state index is 13.4. The van der Waals surface area contributed by atoms with Gasteiger partial charge in [0.05, 0.1) is 5.69 Å². The van der Waals surface area contributed by atoms with Crippen LogP contribution in [0.15, 0.2) is 53.4 Å². The van der Waals surface area contributed by atoms with Gasteiger partial charge >= 0.3 is 0 Å². The predicted octanol–water partition coefficient (Wildman–Crippen LogP) is 5.11. The Balaban J connectivity index is 1.43. The molecule has 2 aromatic rings. The summed E-state index contributed by atoms with van der Waals surface area (Å²) in [6.07, 6.45) is 2.40. The number of thioether (sulfide) groups is 1. The topological polar surface area (TPSA) is 40.6 Å². The minimum absolute atomic E-state index is 0.0120. The van der Waals surface area contributed by atoms with Crippen molar-refractivity contribution in [2.45, 2.75) is 36.3 Å². The quantitative estimate of drug-likeness (QED) is 0.667. The van der Waals surface area contributed by atoms with Gasteiger partial charge in [-0.15, -0.1) is 11.8 Å². The maximum absolute atomic E-state index is 13.4. The second-order valence-electron chi connectivity index (χ2n) is 7.75. The smallest absolute Gasteiger partial charge is 0.253 e. The summed E-state index contributed by atoms with van der Waals surface area (Å²) < 4.78 is 0. The Kier molecular flexibility index (Phi) is 6.16. The van der Waals surface area contributed by atoms with Crippen LogP contribution in [0.2, 0.25) is 5.02 Å². The van der Waals surface area contributed by atoms with Crippen molar-refractivity contribution in [1.29, 1.82) is 0 Å². The first kappa shape index (κ1) is 20.3. The van der Waals surface area contributed by atoms with Gasteiger partial charge in [0.25, 0.3) is 5.91 Å². The van der Waals surface area contributed by atoms with E-state index in [-0.39, 0.29) is 17.7 Å². The van der Waals surface area contributed by atoms with Crippen LogP contribution in [-0.4, -0.2) is 41.6 Å². The fourth-order valence-corrected chi connectivity index (χ4v) is 5.28. The average molecular weight is 429 g/mol. The molecule has 0 aromatic heterocycles. The lowest BCUT2D eigenvalue weighted by Gasteiger charge is -2.34. The van der Waals surface area contributed by atoms with E-state index in [1.165, 1.54) is 4.90 Å². The van der Waals surface area contributed by atoms with Crippen molar-refractivity contribution < 1.29 is 9.59 Å². The van der Waals surface area contributed by atoms with Crippen molar-refractivity contribution in [3.8, 4) is 0 Å². The fraction of sp³-hybridized carbons (Fsp3) is 0.391. The molecule has 2 aromatic carbocycles. The van der Waals surface area contributed by atoms with Crippen molar-refractivity contribution in [2.24, 2.45) is 5.92 Å². The Hall–Kier alpha value is -1.98. The molecular weight excluding hydrogens is 404 g/mol. The van der Waals surface area contributed by atoms with Gasteiger partial charge in [-0.05, 0) is 55.7 Å². The molecule has 152 valence electrons. The molecule has 29 heavy (non-hydrogen) atoms. The van der Waals surface area contributed by atoms with Crippen molar-refractivity contribution in [2.75, 3.05) is 24.5 Å². The van der Waals surface area contributed by atoms with Crippen molar-refractivity contribution in [1.82, 2.24) is 4.90 Å². The van der Waals surface area contributed by atoms with Gasteiger partial charge in [0.2, 0.25) is 5.91 Å². The highest BCUT2D eigenvalue weighted by Crippen LogP contribution is 2.38. The molecule has 2 aliphatic rings. The molecular formula is C23H25ClN2O2S. The van der Waals surface area contributed by atoms with Crippen LogP contribution in [0.25, 0.3) is 0 Å². The van der Waals surface area contributed by atoms with Gasteiger partial charge in [-0.2, -0.15) is 0 Å². The van der Waals surface area contributed by atoms with E-state index >= 15 is 0 Å².